The predicted octanol–water partition coefficient (Wildman–Crippen LogP) is 1.07. The molecule has 2 rings (SSSR count). The fourth-order valence-electron chi connectivity index (χ4n) is 3.54. The molecule has 0 radical (unpaired) electrons. The highest BCUT2D eigenvalue weighted by Crippen LogP contribution is 2.42. The fraction of sp³-hybridized carbons (Fsp3) is 0.857. The second-order valence-electron chi connectivity index (χ2n) is 6.04. The summed E-state index contributed by atoms with van der Waals surface area (Å²) < 4.78 is 0. The second kappa shape index (κ2) is 5.49. The van der Waals surface area contributed by atoms with E-state index in [9.17, 15) is 14.7 Å². The molecule has 2 aliphatic rings. The lowest BCUT2D eigenvalue weighted by atomic mass is 9.94. The number of nitrogens with two attached hydrogens (primary N) is 1. The van der Waals surface area contributed by atoms with E-state index < -0.39 is 18.1 Å². The number of rotatable bonds is 4. The normalized spacial score (nSPS) is 33.0. The van der Waals surface area contributed by atoms with Crippen molar-refractivity contribution in [2.45, 2.75) is 51.6 Å². The molecule has 5 atom stereocenters. The van der Waals surface area contributed by atoms with Gasteiger partial charge in [0.1, 0.15) is 6.04 Å². The van der Waals surface area contributed by atoms with Crippen molar-refractivity contribution in [2.24, 2.45) is 23.5 Å². The number of carboxylic acid groups (broad SMARTS) is 1. The number of likely N-dealkylation sites (tertiary alicyclic amines) is 1. The van der Waals surface area contributed by atoms with Crippen LogP contribution in [0.5, 0.6) is 0 Å². The van der Waals surface area contributed by atoms with Crippen molar-refractivity contribution in [3.05, 3.63) is 0 Å². The van der Waals surface area contributed by atoms with Crippen LogP contribution in [0.1, 0.15) is 39.5 Å². The van der Waals surface area contributed by atoms with Crippen molar-refractivity contribution < 1.29 is 14.7 Å². The summed E-state index contributed by atoms with van der Waals surface area (Å²) in [6.45, 7) is 4.51. The van der Waals surface area contributed by atoms with E-state index >= 15 is 0 Å². The van der Waals surface area contributed by atoms with Gasteiger partial charge in [0.25, 0.3) is 0 Å². The molecule has 0 bridgehead atoms. The standard InChI is InChI=1S/C14H24N2O3/c1-3-8(2)11(15)13(17)16-7-9-5-4-6-10(9)12(16)14(18)19/h8-12H,3-7,15H2,1-2H3,(H,18,19)/t8?,9?,10?,11-,12?/m0/s1. The van der Waals surface area contributed by atoms with Crippen molar-refractivity contribution >= 4 is 11.9 Å². The Morgan fingerprint density at radius 1 is 1.42 bits per heavy atom. The van der Waals surface area contributed by atoms with Gasteiger partial charge < -0.3 is 15.7 Å². The lowest BCUT2D eigenvalue weighted by Gasteiger charge is -2.29. The molecule has 19 heavy (non-hydrogen) atoms. The third-order valence-corrected chi connectivity index (χ3v) is 4.97. The van der Waals surface area contributed by atoms with Crippen LogP contribution in [-0.4, -0.2) is 40.5 Å². The molecule has 0 aromatic heterocycles. The highest BCUT2D eigenvalue weighted by atomic mass is 16.4. The number of hydrogen-bond donors (Lipinski definition) is 2. The molecule has 2 fully saturated rings. The molecule has 0 spiro atoms. The number of carbonyl (C=O) groups is 2. The van der Waals surface area contributed by atoms with Gasteiger partial charge in [-0.3, -0.25) is 4.79 Å². The molecule has 5 nitrogen and oxygen atoms in total. The summed E-state index contributed by atoms with van der Waals surface area (Å²) >= 11 is 0. The molecule has 108 valence electrons. The number of carboxylic acids is 1. The van der Waals surface area contributed by atoms with Crippen LogP contribution in [0.4, 0.5) is 0 Å². The van der Waals surface area contributed by atoms with E-state index in [-0.39, 0.29) is 17.7 Å². The summed E-state index contributed by atoms with van der Waals surface area (Å²) in [7, 11) is 0. The monoisotopic (exact) mass is 268 g/mol. The van der Waals surface area contributed by atoms with Crippen molar-refractivity contribution in [3.8, 4) is 0 Å². The van der Waals surface area contributed by atoms with Crippen LogP contribution < -0.4 is 5.73 Å². The lowest BCUT2D eigenvalue weighted by Crippen LogP contribution is -2.52. The average molecular weight is 268 g/mol. The zero-order valence-corrected chi connectivity index (χ0v) is 11.7. The van der Waals surface area contributed by atoms with Gasteiger partial charge in [0.15, 0.2) is 0 Å². The Balaban J connectivity index is 2.14. The summed E-state index contributed by atoms with van der Waals surface area (Å²) in [4.78, 5) is 25.5. The molecule has 1 aliphatic heterocycles. The van der Waals surface area contributed by atoms with Crippen molar-refractivity contribution in [3.63, 3.8) is 0 Å². The third-order valence-electron chi connectivity index (χ3n) is 4.97. The zero-order valence-electron chi connectivity index (χ0n) is 11.7. The number of nitrogens with zero attached hydrogens (tertiary/aromatic N) is 1. The highest BCUT2D eigenvalue weighted by Gasteiger charge is 2.50. The molecular formula is C14H24N2O3. The first-order valence-electron chi connectivity index (χ1n) is 7.26. The highest BCUT2D eigenvalue weighted by molar-refractivity contribution is 5.88. The summed E-state index contributed by atoms with van der Waals surface area (Å²) in [6.07, 6.45) is 3.87. The fourth-order valence-corrected chi connectivity index (χ4v) is 3.54. The minimum atomic E-state index is -0.876. The van der Waals surface area contributed by atoms with E-state index in [1.54, 1.807) is 0 Å². The van der Waals surface area contributed by atoms with Gasteiger partial charge in [0.2, 0.25) is 5.91 Å². The van der Waals surface area contributed by atoms with Gasteiger partial charge in [0.05, 0.1) is 6.04 Å². The minimum absolute atomic E-state index is 0.0855. The summed E-state index contributed by atoms with van der Waals surface area (Å²) in [5.41, 5.74) is 5.98. The molecule has 0 aromatic carbocycles. The first-order valence-corrected chi connectivity index (χ1v) is 7.26. The second-order valence-corrected chi connectivity index (χ2v) is 6.04. The van der Waals surface area contributed by atoms with Crippen molar-refractivity contribution in [1.82, 2.24) is 4.90 Å². The van der Waals surface area contributed by atoms with Gasteiger partial charge in [-0.2, -0.15) is 0 Å². The maximum absolute atomic E-state index is 12.4. The smallest absolute Gasteiger partial charge is 0.326 e. The van der Waals surface area contributed by atoms with E-state index in [2.05, 4.69) is 0 Å². The quantitative estimate of drug-likeness (QED) is 0.799. The van der Waals surface area contributed by atoms with Crippen LogP contribution in [0.15, 0.2) is 0 Å². The Morgan fingerprint density at radius 2 is 2.11 bits per heavy atom. The maximum atomic E-state index is 12.4. The molecule has 0 aromatic rings. The molecule has 1 aliphatic carbocycles. The number of aliphatic carboxylic acids is 1. The van der Waals surface area contributed by atoms with Gasteiger partial charge in [-0.1, -0.05) is 26.7 Å². The Bertz CT molecular complexity index is 372. The van der Waals surface area contributed by atoms with Gasteiger partial charge in [-0.25, -0.2) is 4.79 Å². The number of carbonyl (C=O) groups excluding carboxylic acids is 1. The lowest BCUT2D eigenvalue weighted by molar-refractivity contribution is -0.150. The number of hydrogen-bond acceptors (Lipinski definition) is 3. The van der Waals surface area contributed by atoms with Crippen LogP contribution in [0.25, 0.3) is 0 Å². The van der Waals surface area contributed by atoms with E-state index in [0.29, 0.717) is 12.5 Å². The van der Waals surface area contributed by atoms with Crippen molar-refractivity contribution in [1.29, 1.82) is 0 Å². The van der Waals surface area contributed by atoms with E-state index in [0.717, 1.165) is 25.7 Å². The van der Waals surface area contributed by atoms with Gasteiger partial charge in [0, 0.05) is 6.54 Å². The molecule has 1 amide bonds. The molecule has 1 heterocycles. The Labute approximate surface area is 114 Å². The van der Waals surface area contributed by atoms with Crippen LogP contribution in [-0.2, 0) is 9.59 Å². The SMILES string of the molecule is CCC(C)[C@H](N)C(=O)N1CC2CCCC2C1C(=O)O. The number of fused-ring (bicyclic) bond motifs is 1. The Kier molecular flexibility index (Phi) is 4.13. The molecule has 4 unspecified atom stereocenters. The van der Waals surface area contributed by atoms with Gasteiger partial charge >= 0.3 is 5.97 Å². The molecular weight excluding hydrogens is 244 g/mol. The first-order chi connectivity index (χ1) is 8.97. The van der Waals surface area contributed by atoms with E-state index in [1.165, 1.54) is 4.90 Å². The Hall–Kier alpha value is -1.10. The largest absolute Gasteiger partial charge is 0.480 e. The molecule has 1 saturated heterocycles. The average Bonchev–Trinajstić information content (AvgIpc) is 2.94. The topological polar surface area (TPSA) is 83.6 Å². The van der Waals surface area contributed by atoms with Crippen LogP contribution in [0.2, 0.25) is 0 Å². The van der Waals surface area contributed by atoms with Gasteiger partial charge in [-0.15, -0.1) is 0 Å². The van der Waals surface area contributed by atoms with Gasteiger partial charge in [-0.05, 0) is 30.6 Å². The third kappa shape index (κ3) is 2.48. The first kappa shape index (κ1) is 14.3. The molecule has 1 saturated carbocycles. The summed E-state index contributed by atoms with van der Waals surface area (Å²) in [5, 5.41) is 9.42. The summed E-state index contributed by atoms with van der Waals surface area (Å²) in [5.74, 6) is -0.489. The van der Waals surface area contributed by atoms with Crippen LogP contribution in [0.3, 0.4) is 0 Å². The maximum Gasteiger partial charge on any atom is 0.326 e. The van der Waals surface area contributed by atoms with E-state index in [1.807, 2.05) is 13.8 Å². The molecule has 3 N–H and O–H groups in total. The molecule has 5 heteroatoms. The van der Waals surface area contributed by atoms with E-state index in [4.69, 9.17) is 5.73 Å². The zero-order chi connectivity index (χ0) is 14.2. The Morgan fingerprint density at radius 3 is 2.68 bits per heavy atom. The van der Waals surface area contributed by atoms with Crippen LogP contribution >= 0.6 is 0 Å². The minimum Gasteiger partial charge on any atom is -0.480 e. The predicted molar refractivity (Wildman–Crippen MR) is 71.4 cm³/mol. The van der Waals surface area contributed by atoms with Crippen LogP contribution in [0, 0.1) is 17.8 Å². The number of amides is 1. The van der Waals surface area contributed by atoms with Crippen molar-refractivity contribution in [2.75, 3.05) is 6.54 Å². The summed E-state index contributed by atoms with van der Waals surface area (Å²) in [6, 6.07) is -1.24.